The zero-order valence-corrected chi connectivity index (χ0v) is 17.5. The van der Waals surface area contributed by atoms with Gasteiger partial charge < -0.3 is 4.98 Å². The van der Waals surface area contributed by atoms with E-state index in [-0.39, 0.29) is 5.56 Å². The van der Waals surface area contributed by atoms with E-state index in [9.17, 15) is 4.79 Å². The predicted octanol–water partition coefficient (Wildman–Crippen LogP) is 6.54. The number of rotatable bonds is 3. The Bertz CT molecular complexity index is 1430. The largest absolute Gasteiger partial charge is 0.328 e. The zero-order chi connectivity index (χ0) is 21.4. The summed E-state index contributed by atoms with van der Waals surface area (Å²) in [5.74, 6) is 0. The Labute approximate surface area is 181 Å². The number of H-pyrrole nitrogens is 1. The maximum absolute atomic E-state index is 12.8. The lowest BCUT2D eigenvalue weighted by molar-refractivity contribution is 1.25. The number of pyridine rings is 2. The third kappa shape index (κ3) is 3.55. The molecule has 0 saturated heterocycles. The van der Waals surface area contributed by atoms with Gasteiger partial charge in [-0.2, -0.15) is 0 Å². The first-order valence-corrected chi connectivity index (χ1v) is 10.4. The molecule has 0 fully saturated rings. The number of nitrogens with zero attached hydrogens (tertiary/aromatic N) is 1. The fraction of sp³-hybridized carbons (Fsp3) is 0.0714. The summed E-state index contributed by atoms with van der Waals surface area (Å²) in [6.07, 6.45) is 1.78. The van der Waals surface area contributed by atoms with E-state index in [0.29, 0.717) is 10.9 Å². The number of nitrogens with one attached hydrogen (secondary N) is 1. The normalized spacial score (nSPS) is 11.0. The smallest absolute Gasteiger partial charge is 0.257 e. The molecule has 0 unspecified atom stereocenters. The number of aryl methyl sites for hydroxylation is 2. The van der Waals surface area contributed by atoms with Crippen molar-refractivity contribution in [2.24, 2.45) is 0 Å². The molecule has 31 heavy (non-hydrogen) atoms. The van der Waals surface area contributed by atoms with Crippen LogP contribution in [0.15, 0.2) is 95.9 Å². The second-order valence-corrected chi connectivity index (χ2v) is 7.92. The molecule has 0 aliphatic rings. The molecule has 3 aromatic carbocycles. The molecule has 0 aliphatic heterocycles. The van der Waals surface area contributed by atoms with Crippen LogP contribution in [0.2, 0.25) is 0 Å². The summed E-state index contributed by atoms with van der Waals surface area (Å²) in [6, 6.07) is 28.6. The van der Waals surface area contributed by atoms with Crippen molar-refractivity contribution in [1.29, 1.82) is 0 Å². The lowest BCUT2D eigenvalue weighted by Crippen LogP contribution is -2.08. The molecule has 0 aliphatic carbocycles. The van der Waals surface area contributed by atoms with Gasteiger partial charge in [-0.1, -0.05) is 90.0 Å². The molecule has 0 saturated carbocycles. The molecule has 0 radical (unpaired) electrons. The summed E-state index contributed by atoms with van der Waals surface area (Å²) in [5.41, 5.74) is 8.80. The first-order valence-electron chi connectivity index (χ1n) is 10.4. The number of fused-ring (bicyclic) bond motifs is 1. The van der Waals surface area contributed by atoms with E-state index in [1.165, 1.54) is 11.1 Å². The minimum absolute atomic E-state index is 0.132. The van der Waals surface area contributed by atoms with E-state index in [1.807, 2.05) is 42.5 Å². The van der Waals surface area contributed by atoms with Crippen LogP contribution in [0.5, 0.6) is 0 Å². The standard InChI is InChI=1S/C28H22N2O/c1-18-13-19(2)15-22(14-18)25-17-29-28(31)24-16-23(20-9-5-3-6-10-20)26(30-27(24)25)21-11-7-4-8-12-21/h3-17H,1-2H3,(H,29,31). The second kappa shape index (κ2) is 7.69. The molecular formula is C28H22N2O. The van der Waals surface area contributed by atoms with Crippen LogP contribution in [-0.2, 0) is 0 Å². The molecule has 2 aromatic heterocycles. The first-order chi connectivity index (χ1) is 15.1. The van der Waals surface area contributed by atoms with Crippen LogP contribution in [0, 0.1) is 13.8 Å². The molecule has 150 valence electrons. The SMILES string of the molecule is Cc1cc(C)cc(-c2c[nH]c(=O)c3cc(-c4ccccc4)c(-c4ccccc4)nc23)c1. The van der Waals surface area contributed by atoms with E-state index < -0.39 is 0 Å². The molecule has 1 N–H and O–H groups in total. The van der Waals surface area contributed by atoms with Crippen molar-refractivity contribution in [3.05, 3.63) is 113 Å². The molecule has 0 bridgehead atoms. The van der Waals surface area contributed by atoms with Gasteiger partial charge in [0.05, 0.1) is 16.6 Å². The van der Waals surface area contributed by atoms with Crippen LogP contribution in [0.25, 0.3) is 44.4 Å². The first kappa shape index (κ1) is 19.0. The van der Waals surface area contributed by atoms with Crippen LogP contribution in [0.1, 0.15) is 11.1 Å². The fourth-order valence-electron chi connectivity index (χ4n) is 4.18. The monoisotopic (exact) mass is 402 g/mol. The number of benzene rings is 3. The maximum Gasteiger partial charge on any atom is 0.257 e. The summed E-state index contributed by atoms with van der Waals surface area (Å²) >= 11 is 0. The van der Waals surface area contributed by atoms with Crippen LogP contribution >= 0.6 is 0 Å². The number of aromatic nitrogens is 2. The zero-order valence-electron chi connectivity index (χ0n) is 17.5. The molecule has 0 atom stereocenters. The molecule has 0 spiro atoms. The highest BCUT2D eigenvalue weighted by Crippen LogP contribution is 2.35. The molecule has 2 heterocycles. The minimum atomic E-state index is -0.132. The van der Waals surface area contributed by atoms with E-state index in [1.54, 1.807) is 6.20 Å². The summed E-state index contributed by atoms with van der Waals surface area (Å²) in [6.45, 7) is 4.17. The van der Waals surface area contributed by atoms with Gasteiger partial charge in [0.25, 0.3) is 5.56 Å². The van der Waals surface area contributed by atoms with Crippen molar-refractivity contribution in [3.8, 4) is 33.5 Å². The summed E-state index contributed by atoms with van der Waals surface area (Å²) in [5, 5.41) is 0.593. The molecule has 0 amide bonds. The van der Waals surface area contributed by atoms with Gasteiger partial charge >= 0.3 is 0 Å². The van der Waals surface area contributed by atoms with Crippen LogP contribution in [0.3, 0.4) is 0 Å². The van der Waals surface area contributed by atoms with Gasteiger partial charge in [-0.05, 0) is 31.0 Å². The van der Waals surface area contributed by atoms with Crippen molar-refractivity contribution in [2.75, 3.05) is 0 Å². The molecular weight excluding hydrogens is 380 g/mol. The quantitative estimate of drug-likeness (QED) is 0.372. The Morgan fingerprint density at radius 2 is 1.29 bits per heavy atom. The number of hydrogen-bond donors (Lipinski definition) is 1. The number of hydrogen-bond acceptors (Lipinski definition) is 2. The van der Waals surface area contributed by atoms with Crippen molar-refractivity contribution in [2.45, 2.75) is 13.8 Å². The molecule has 5 rings (SSSR count). The highest BCUT2D eigenvalue weighted by atomic mass is 16.1. The fourth-order valence-corrected chi connectivity index (χ4v) is 4.18. The average Bonchev–Trinajstić information content (AvgIpc) is 2.79. The lowest BCUT2D eigenvalue weighted by Gasteiger charge is -2.14. The number of aromatic amines is 1. The van der Waals surface area contributed by atoms with Gasteiger partial charge in [0.15, 0.2) is 0 Å². The van der Waals surface area contributed by atoms with E-state index in [4.69, 9.17) is 4.98 Å². The van der Waals surface area contributed by atoms with Crippen LogP contribution < -0.4 is 5.56 Å². The van der Waals surface area contributed by atoms with Crippen molar-refractivity contribution in [3.63, 3.8) is 0 Å². The average molecular weight is 402 g/mol. The van der Waals surface area contributed by atoms with Gasteiger partial charge in [0.2, 0.25) is 0 Å². The summed E-state index contributed by atoms with van der Waals surface area (Å²) in [7, 11) is 0. The highest BCUT2D eigenvalue weighted by molar-refractivity contribution is 5.98. The third-order valence-electron chi connectivity index (χ3n) is 5.53. The Morgan fingerprint density at radius 3 is 1.94 bits per heavy atom. The second-order valence-electron chi connectivity index (χ2n) is 7.92. The van der Waals surface area contributed by atoms with Gasteiger partial charge in [-0.25, -0.2) is 4.98 Å². The summed E-state index contributed by atoms with van der Waals surface area (Å²) < 4.78 is 0. The Kier molecular flexibility index (Phi) is 4.72. The van der Waals surface area contributed by atoms with Crippen LogP contribution in [-0.4, -0.2) is 9.97 Å². The lowest BCUT2D eigenvalue weighted by atomic mass is 9.95. The van der Waals surface area contributed by atoms with Gasteiger partial charge in [0, 0.05) is 22.9 Å². The minimum Gasteiger partial charge on any atom is -0.328 e. The van der Waals surface area contributed by atoms with Crippen LogP contribution in [0.4, 0.5) is 0 Å². The topological polar surface area (TPSA) is 45.8 Å². The molecule has 3 nitrogen and oxygen atoms in total. The summed E-state index contributed by atoms with van der Waals surface area (Å²) in [4.78, 5) is 20.9. The predicted molar refractivity (Wildman–Crippen MR) is 128 cm³/mol. The van der Waals surface area contributed by atoms with Crippen molar-refractivity contribution in [1.82, 2.24) is 9.97 Å². The van der Waals surface area contributed by atoms with Crippen molar-refractivity contribution < 1.29 is 0 Å². The highest BCUT2D eigenvalue weighted by Gasteiger charge is 2.16. The molecule has 5 aromatic rings. The Morgan fingerprint density at radius 1 is 0.677 bits per heavy atom. The Hall–Kier alpha value is -3.98. The maximum atomic E-state index is 12.8. The molecule has 3 heteroatoms. The van der Waals surface area contributed by atoms with Gasteiger partial charge in [-0.15, -0.1) is 0 Å². The van der Waals surface area contributed by atoms with Gasteiger partial charge in [0.1, 0.15) is 0 Å². The van der Waals surface area contributed by atoms with E-state index >= 15 is 0 Å². The van der Waals surface area contributed by atoms with E-state index in [0.717, 1.165) is 33.5 Å². The van der Waals surface area contributed by atoms with Crippen molar-refractivity contribution >= 4 is 10.9 Å². The Balaban J connectivity index is 1.88. The van der Waals surface area contributed by atoms with E-state index in [2.05, 4.69) is 61.3 Å². The van der Waals surface area contributed by atoms with Gasteiger partial charge in [-0.3, -0.25) is 4.79 Å². The third-order valence-corrected chi connectivity index (χ3v) is 5.53.